The van der Waals surface area contributed by atoms with Gasteiger partial charge in [-0.05, 0) is 24.3 Å². The van der Waals surface area contributed by atoms with Gasteiger partial charge in [0.1, 0.15) is 0 Å². The molecule has 1 aliphatic carbocycles. The third kappa shape index (κ3) is 3.93. The molecule has 2 aromatic carbocycles. The van der Waals surface area contributed by atoms with Gasteiger partial charge >= 0.3 is 0 Å². The number of fused-ring (bicyclic) bond motifs is 1. The number of nitrogens with one attached hydrogen (secondary N) is 1. The minimum atomic E-state index is -4.13. The van der Waals surface area contributed by atoms with Crippen molar-refractivity contribution >= 4 is 44.7 Å². The minimum Gasteiger partial charge on any atom is -0.370 e. The molecule has 0 atom stereocenters. The van der Waals surface area contributed by atoms with Crippen molar-refractivity contribution in [3.05, 3.63) is 65.4 Å². The number of primary sulfonamides is 1. The Balaban J connectivity index is 1.64. The molecular formula is C20H19N3O4S2. The number of carbonyl (C=O) groups excluding carboxylic acids is 2. The van der Waals surface area contributed by atoms with Gasteiger partial charge in [-0.25, -0.2) is 13.6 Å². The van der Waals surface area contributed by atoms with Crippen molar-refractivity contribution in [2.75, 3.05) is 34.8 Å². The number of carbonyl (C=O) groups is 2. The molecule has 0 saturated carbocycles. The van der Waals surface area contributed by atoms with E-state index in [1.165, 1.54) is 18.2 Å². The van der Waals surface area contributed by atoms with Gasteiger partial charge in [0, 0.05) is 47.6 Å². The fourth-order valence-electron chi connectivity index (χ4n) is 3.48. The monoisotopic (exact) mass is 429 g/mol. The van der Waals surface area contributed by atoms with Crippen molar-refractivity contribution in [3.8, 4) is 0 Å². The fourth-order valence-corrected chi connectivity index (χ4v) is 5.14. The van der Waals surface area contributed by atoms with Gasteiger partial charge < -0.3 is 10.2 Å². The highest BCUT2D eigenvalue weighted by molar-refractivity contribution is 7.99. The lowest BCUT2D eigenvalue weighted by Crippen LogP contribution is -2.32. The number of anilines is 2. The number of ketones is 2. The number of hydrogen-bond acceptors (Lipinski definition) is 7. The fraction of sp³-hybridized carbons (Fsp3) is 0.200. The molecule has 0 spiro atoms. The first-order valence-corrected chi connectivity index (χ1v) is 11.7. The Morgan fingerprint density at radius 2 is 1.76 bits per heavy atom. The molecule has 1 aliphatic heterocycles. The normalized spacial score (nSPS) is 17.0. The van der Waals surface area contributed by atoms with Crippen LogP contribution in [0.2, 0.25) is 0 Å². The Labute approximate surface area is 173 Å². The second-order valence-electron chi connectivity index (χ2n) is 6.75. The Bertz CT molecular complexity index is 1140. The van der Waals surface area contributed by atoms with E-state index in [2.05, 4.69) is 10.2 Å². The zero-order valence-corrected chi connectivity index (χ0v) is 17.1. The molecule has 29 heavy (non-hydrogen) atoms. The molecule has 0 aromatic heterocycles. The Morgan fingerprint density at radius 3 is 2.48 bits per heavy atom. The summed E-state index contributed by atoms with van der Waals surface area (Å²) in [6.07, 6.45) is 1.13. The van der Waals surface area contributed by atoms with Crippen LogP contribution in [-0.4, -0.2) is 44.6 Å². The number of allylic oxidation sites excluding steroid dienone is 2. The molecule has 1 heterocycles. The highest BCUT2D eigenvalue weighted by Gasteiger charge is 2.31. The molecule has 0 unspecified atom stereocenters. The van der Waals surface area contributed by atoms with E-state index in [0.717, 1.165) is 36.4 Å². The summed E-state index contributed by atoms with van der Waals surface area (Å²) in [5.41, 5.74) is 1.67. The first-order chi connectivity index (χ1) is 13.8. The summed E-state index contributed by atoms with van der Waals surface area (Å²) in [6.45, 7) is 1.91. The summed E-state index contributed by atoms with van der Waals surface area (Å²) >= 11 is 1.92. The largest absolute Gasteiger partial charge is 0.370 e. The Kier molecular flexibility index (Phi) is 5.20. The molecule has 9 heteroatoms. The molecule has 4 rings (SSSR count). The average molecular weight is 430 g/mol. The zero-order valence-electron chi connectivity index (χ0n) is 15.4. The smallest absolute Gasteiger partial charge is 0.238 e. The number of sulfonamides is 1. The van der Waals surface area contributed by atoms with E-state index >= 15 is 0 Å². The van der Waals surface area contributed by atoms with Crippen molar-refractivity contribution in [3.63, 3.8) is 0 Å². The maximum atomic E-state index is 12.9. The van der Waals surface area contributed by atoms with Gasteiger partial charge in [0.2, 0.25) is 15.8 Å². The third-order valence-electron chi connectivity index (χ3n) is 4.85. The quantitative estimate of drug-likeness (QED) is 0.767. The van der Waals surface area contributed by atoms with E-state index in [-0.39, 0.29) is 21.7 Å². The lowest BCUT2D eigenvalue weighted by molar-refractivity contribution is 0.0983. The van der Waals surface area contributed by atoms with Crippen molar-refractivity contribution in [2.45, 2.75) is 4.90 Å². The summed E-state index contributed by atoms with van der Waals surface area (Å²) in [5.74, 6) is 1.11. The van der Waals surface area contributed by atoms with Crippen LogP contribution in [0.3, 0.4) is 0 Å². The number of benzene rings is 2. The van der Waals surface area contributed by atoms with Gasteiger partial charge in [0.05, 0.1) is 16.2 Å². The molecule has 7 nitrogen and oxygen atoms in total. The lowest BCUT2D eigenvalue weighted by atomic mass is 9.92. The number of thioether (sulfide) groups is 1. The second-order valence-corrected chi connectivity index (χ2v) is 9.50. The van der Waals surface area contributed by atoms with Crippen LogP contribution in [-0.2, 0) is 10.0 Å². The summed E-state index contributed by atoms with van der Waals surface area (Å²) in [7, 11) is -4.13. The van der Waals surface area contributed by atoms with Crippen LogP contribution in [0.4, 0.5) is 11.4 Å². The maximum Gasteiger partial charge on any atom is 0.238 e. The van der Waals surface area contributed by atoms with Crippen molar-refractivity contribution in [1.29, 1.82) is 0 Å². The lowest BCUT2D eigenvalue weighted by Gasteiger charge is -2.29. The number of nitrogens with zero attached hydrogens (tertiary/aromatic N) is 1. The van der Waals surface area contributed by atoms with Crippen LogP contribution in [0.25, 0.3) is 0 Å². The van der Waals surface area contributed by atoms with Gasteiger partial charge in [-0.15, -0.1) is 0 Å². The molecular weight excluding hydrogens is 410 g/mol. The second kappa shape index (κ2) is 7.66. The zero-order chi connectivity index (χ0) is 20.6. The third-order valence-corrected chi connectivity index (χ3v) is 6.74. The predicted octanol–water partition coefficient (Wildman–Crippen LogP) is 2.26. The van der Waals surface area contributed by atoms with E-state index in [1.807, 2.05) is 36.0 Å². The first kappa shape index (κ1) is 19.7. The van der Waals surface area contributed by atoms with E-state index in [1.54, 1.807) is 0 Å². The Hall–Kier alpha value is -2.62. The van der Waals surface area contributed by atoms with Crippen LogP contribution in [0.1, 0.15) is 20.7 Å². The van der Waals surface area contributed by atoms with Crippen molar-refractivity contribution in [1.82, 2.24) is 0 Å². The molecule has 1 fully saturated rings. The number of rotatable bonds is 4. The summed E-state index contributed by atoms with van der Waals surface area (Å²) < 4.78 is 23.6. The molecule has 0 radical (unpaired) electrons. The van der Waals surface area contributed by atoms with Crippen LogP contribution >= 0.6 is 11.8 Å². The van der Waals surface area contributed by atoms with Gasteiger partial charge in [-0.1, -0.05) is 18.2 Å². The Morgan fingerprint density at radius 1 is 1.03 bits per heavy atom. The van der Waals surface area contributed by atoms with Gasteiger partial charge in [-0.3, -0.25) is 9.59 Å². The summed E-state index contributed by atoms with van der Waals surface area (Å²) in [4.78, 5) is 27.5. The topological polar surface area (TPSA) is 110 Å². The molecule has 150 valence electrons. The summed E-state index contributed by atoms with van der Waals surface area (Å²) in [6, 6.07) is 11.7. The van der Waals surface area contributed by atoms with Gasteiger partial charge in [0.25, 0.3) is 0 Å². The van der Waals surface area contributed by atoms with Crippen LogP contribution in [0.15, 0.2) is 59.1 Å². The molecule has 2 aliphatic rings. The first-order valence-electron chi connectivity index (χ1n) is 9.01. The van der Waals surface area contributed by atoms with Gasteiger partial charge in [0.15, 0.2) is 5.78 Å². The van der Waals surface area contributed by atoms with E-state index in [4.69, 9.17) is 5.14 Å². The predicted molar refractivity (Wildman–Crippen MR) is 114 cm³/mol. The highest BCUT2D eigenvalue weighted by atomic mass is 32.2. The standard InChI is InChI=1S/C20H19N3O4S2/c21-29(26,27)18-6-2-5-15-19(18)17(24)12-16(20(15)25)22-13-3-1-4-14(11-13)23-7-9-28-10-8-23/h1-6,11-12,22H,7-10H2,(H2,21,26,27). The minimum absolute atomic E-state index is 0.0238. The maximum absolute atomic E-state index is 12.9. The van der Waals surface area contributed by atoms with E-state index < -0.39 is 21.6 Å². The average Bonchev–Trinajstić information content (AvgIpc) is 2.71. The molecule has 1 saturated heterocycles. The highest BCUT2D eigenvalue weighted by Crippen LogP contribution is 2.29. The SMILES string of the molecule is NS(=O)(=O)c1cccc2c1C(=O)C=C(Nc1cccc(N3CCSCC3)c1)C2=O. The molecule has 2 aromatic rings. The van der Waals surface area contributed by atoms with Crippen LogP contribution < -0.4 is 15.4 Å². The van der Waals surface area contributed by atoms with Crippen LogP contribution in [0.5, 0.6) is 0 Å². The van der Waals surface area contributed by atoms with Gasteiger partial charge in [-0.2, -0.15) is 11.8 Å². The molecule has 0 bridgehead atoms. The number of hydrogen-bond donors (Lipinski definition) is 2. The van der Waals surface area contributed by atoms with Crippen molar-refractivity contribution in [2.24, 2.45) is 5.14 Å². The van der Waals surface area contributed by atoms with E-state index in [9.17, 15) is 18.0 Å². The molecule has 0 amide bonds. The molecule has 3 N–H and O–H groups in total. The van der Waals surface area contributed by atoms with E-state index in [0.29, 0.717) is 5.69 Å². The number of nitrogens with two attached hydrogens (primary N) is 1. The van der Waals surface area contributed by atoms with Crippen LogP contribution in [0, 0.1) is 0 Å². The number of Topliss-reactive ketones (excluding diaryl/α,β-unsaturated/α-hetero) is 1. The van der Waals surface area contributed by atoms with Crippen molar-refractivity contribution < 1.29 is 18.0 Å². The summed E-state index contributed by atoms with van der Waals surface area (Å²) in [5, 5.41) is 8.22.